The second kappa shape index (κ2) is 9.39. The monoisotopic (exact) mass is 456 g/mol. The smallest absolute Gasteiger partial charge is 0.222 e. The number of hydrogen-bond acceptors (Lipinski definition) is 6. The maximum absolute atomic E-state index is 11.9. The number of phenols is 1. The Kier molecular flexibility index (Phi) is 6.63. The summed E-state index contributed by atoms with van der Waals surface area (Å²) in [5, 5.41) is 10.5. The largest absolute Gasteiger partial charge is 0.508 e. The lowest BCUT2D eigenvalue weighted by Gasteiger charge is -2.34. The Morgan fingerprint density at radius 2 is 1.77 bits per heavy atom. The highest BCUT2D eigenvalue weighted by Crippen LogP contribution is 2.42. The number of aromatic hydroxyl groups is 1. The standard InChI is InChI=1S/C23H24N2O2S3/c1-2-20(27)25-12-10-24(11-13-25)15-18-14-17(8-9-19(18)26)21-22(29-30-23(21)28)16-6-4-3-5-7-16/h3-9,14,26H,2,10-13,15H2,1H3. The fourth-order valence-electron chi connectivity index (χ4n) is 3.77. The molecule has 2 heterocycles. The van der Waals surface area contributed by atoms with Crippen LogP contribution in [0.2, 0.25) is 0 Å². The van der Waals surface area contributed by atoms with Crippen molar-refractivity contribution in [1.29, 1.82) is 0 Å². The highest BCUT2D eigenvalue weighted by atomic mass is 32.9. The number of hydrogen-bond donors (Lipinski definition) is 1. The molecule has 7 heteroatoms. The molecule has 1 aliphatic rings. The van der Waals surface area contributed by atoms with E-state index < -0.39 is 0 Å². The van der Waals surface area contributed by atoms with Crippen molar-refractivity contribution in [2.45, 2.75) is 19.9 Å². The molecular weight excluding hydrogens is 432 g/mol. The molecule has 1 amide bonds. The number of phenolic OH excluding ortho intramolecular Hbond substituents is 1. The van der Waals surface area contributed by atoms with Crippen LogP contribution in [0, 0.1) is 3.82 Å². The molecule has 0 atom stereocenters. The van der Waals surface area contributed by atoms with Crippen LogP contribution in [-0.2, 0) is 11.3 Å². The van der Waals surface area contributed by atoms with Gasteiger partial charge in [-0.05, 0) is 23.3 Å². The van der Waals surface area contributed by atoms with E-state index >= 15 is 0 Å². The minimum Gasteiger partial charge on any atom is -0.508 e. The molecule has 0 saturated carbocycles. The first kappa shape index (κ1) is 21.2. The van der Waals surface area contributed by atoms with Crippen LogP contribution < -0.4 is 0 Å². The van der Waals surface area contributed by atoms with Crippen molar-refractivity contribution in [3.8, 4) is 27.3 Å². The first-order valence-electron chi connectivity index (χ1n) is 10.1. The fourth-order valence-corrected chi connectivity index (χ4v) is 6.69. The zero-order chi connectivity index (χ0) is 21.1. The molecule has 156 valence electrons. The zero-order valence-corrected chi connectivity index (χ0v) is 19.3. The van der Waals surface area contributed by atoms with Gasteiger partial charge >= 0.3 is 0 Å². The summed E-state index contributed by atoms with van der Waals surface area (Å²) >= 11 is 5.66. The van der Waals surface area contributed by atoms with Gasteiger partial charge in [-0.1, -0.05) is 76.2 Å². The normalized spacial score (nSPS) is 14.8. The SMILES string of the molecule is CCC(=O)N1CCN(Cc2cc(-c3c(-c4ccccc4)ssc3=S)ccc2O)CC1. The Labute approximate surface area is 189 Å². The quantitative estimate of drug-likeness (QED) is 0.399. The maximum Gasteiger partial charge on any atom is 0.222 e. The van der Waals surface area contributed by atoms with Crippen molar-refractivity contribution in [3.63, 3.8) is 0 Å². The molecule has 1 fully saturated rings. The minimum atomic E-state index is 0.213. The van der Waals surface area contributed by atoms with Gasteiger partial charge < -0.3 is 10.0 Å². The van der Waals surface area contributed by atoms with E-state index in [1.807, 2.05) is 36.1 Å². The Morgan fingerprint density at radius 1 is 1.03 bits per heavy atom. The maximum atomic E-state index is 11.9. The van der Waals surface area contributed by atoms with E-state index in [2.05, 4.69) is 23.1 Å². The average molecular weight is 457 g/mol. The third-order valence-electron chi connectivity index (χ3n) is 5.46. The predicted molar refractivity (Wildman–Crippen MR) is 128 cm³/mol. The summed E-state index contributed by atoms with van der Waals surface area (Å²) in [5.41, 5.74) is 4.18. The van der Waals surface area contributed by atoms with Crippen molar-refractivity contribution in [2.75, 3.05) is 26.2 Å². The molecule has 1 aromatic heterocycles. The van der Waals surface area contributed by atoms with E-state index in [9.17, 15) is 9.90 Å². The van der Waals surface area contributed by atoms with E-state index in [1.54, 1.807) is 26.7 Å². The van der Waals surface area contributed by atoms with Gasteiger partial charge in [-0.15, -0.1) is 0 Å². The van der Waals surface area contributed by atoms with Gasteiger partial charge in [0.1, 0.15) is 9.57 Å². The lowest BCUT2D eigenvalue weighted by Crippen LogP contribution is -2.48. The van der Waals surface area contributed by atoms with Crippen LogP contribution in [0.15, 0.2) is 48.5 Å². The summed E-state index contributed by atoms with van der Waals surface area (Å²) in [4.78, 5) is 17.3. The molecule has 0 unspecified atom stereocenters. The molecule has 3 aromatic rings. The minimum absolute atomic E-state index is 0.213. The van der Waals surface area contributed by atoms with Crippen LogP contribution in [-0.4, -0.2) is 47.0 Å². The van der Waals surface area contributed by atoms with Gasteiger partial charge in [-0.25, -0.2) is 0 Å². The van der Waals surface area contributed by atoms with Crippen LogP contribution in [0.25, 0.3) is 21.6 Å². The first-order chi connectivity index (χ1) is 14.6. The van der Waals surface area contributed by atoms with Crippen molar-refractivity contribution in [2.24, 2.45) is 0 Å². The van der Waals surface area contributed by atoms with Gasteiger partial charge in [0.15, 0.2) is 0 Å². The number of carbonyl (C=O) groups excluding carboxylic acids is 1. The lowest BCUT2D eigenvalue weighted by molar-refractivity contribution is -0.132. The van der Waals surface area contributed by atoms with Crippen LogP contribution in [0.4, 0.5) is 0 Å². The Hall–Kier alpha value is -2.06. The lowest BCUT2D eigenvalue weighted by atomic mass is 10.0. The van der Waals surface area contributed by atoms with E-state index in [0.717, 1.165) is 52.3 Å². The number of benzene rings is 2. The van der Waals surface area contributed by atoms with Crippen molar-refractivity contribution in [1.82, 2.24) is 9.80 Å². The molecule has 4 rings (SSSR count). The predicted octanol–water partition coefficient (Wildman–Crippen LogP) is 5.63. The Bertz CT molecular complexity index is 1080. The average Bonchev–Trinajstić information content (AvgIpc) is 3.17. The fraction of sp³-hybridized carbons (Fsp3) is 0.304. The summed E-state index contributed by atoms with van der Waals surface area (Å²) in [6.07, 6.45) is 0.553. The van der Waals surface area contributed by atoms with Crippen molar-refractivity contribution in [3.05, 3.63) is 57.9 Å². The summed E-state index contributed by atoms with van der Waals surface area (Å²) in [5.74, 6) is 0.515. The summed E-state index contributed by atoms with van der Waals surface area (Å²) in [7, 11) is 3.32. The van der Waals surface area contributed by atoms with Crippen molar-refractivity contribution >= 4 is 38.8 Å². The number of nitrogens with zero attached hydrogens (tertiary/aromatic N) is 2. The highest BCUT2D eigenvalue weighted by molar-refractivity contribution is 7.80. The number of amides is 1. The van der Waals surface area contributed by atoms with Gasteiger partial charge in [0, 0.05) is 50.3 Å². The molecule has 0 spiro atoms. The molecule has 1 N–H and O–H groups in total. The molecule has 0 bridgehead atoms. The zero-order valence-electron chi connectivity index (χ0n) is 16.8. The van der Waals surface area contributed by atoms with E-state index in [-0.39, 0.29) is 5.91 Å². The molecule has 0 aliphatic carbocycles. The van der Waals surface area contributed by atoms with Gasteiger partial charge in [0.25, 0.3) is 0 Å². The first-order valence-corrected chi connectivity index (χ1v) is 12.6. The van der Waals surface area contributed by atoms with E-state index in [4.69, 9.17) is 12.2 Å². The summed E-state index contributed by atoms with van der Waals surface area (Å²) in [6.45, 7) is 5.69. The Morgan fingerprint density at radius 3 is 2.47 bits per heavy atom. The molecule has 2 aromatic carbocycles. The van der Waals surface area contributed by atoms with Crippen LogP contribution in [0.5, 0.6) is 5.75 Å². The third-order valence-corrected chi connectivity index (χ3v) is 8.52. The number of rotatable bonds is 5. The highest BCUT2D eigenvalue weighted by Gasteiger charge is 2.21. The van der Waals surface area contributed by atoms with Gasteiger partial charge in [-0.2, -0.15) is 0 Å². The summed E-state index contributed by atoms with van der Waals surface area (Å²) < 4.78 is 0.877. The van der Waals surface area contributed by atoms with Crippen LogP contribution >= 0.6 is 32.9 Å². The van der Waals surface area contributed by atoms with Gasteiger partial charge in [0.2, 0.25) is 5.91 Å². The molecular formula is C23H24N2O2S3. The van der Waals surface area contributed by atoms with Gasteiger partial charge in [0.05, 0.1) is 4.88 Å². The molecule has 1 saturated heterocycles. The molecule has 30 heavy (non-hydrogen) atoms. The Balaban J connectivity index is 1.58. The van der Waals surface area contributed by atoms with Crippen LogP contribution in [0.3, 0.4) is 0 Å². The summed E-state index contributed by atoms with van der Waals surface area (Å²) in [6, 6.07) is 16.1. The number of piperazine rings is 1. The topological polar surface area (TPSA) is 43.8 Å². The van der Waals surface area contributed by atoms with E-state index in [0.29, 0.717) is 18.7 Å². The van der Waals surface area contributed by atoms with E-state index in [1.165, 1.54) is 4.88 Å². The molecule has 0 radical (unpaired) electrons. The van der Waals surface area contributed by atoms with Crippen molar-refractivity contribution < 1.29 is 9.90 Å². The molecule has 4 nitrogen and oxygen atoms in total. The second-order valence-corrected chi connectivity index (χ2v) is 10.2. The second-order valence-electron chi connectivity index (χ2n) is 7.38. The number of carbonyl (C=O) groups is 1. The molecule has 1 aliphatic heterocycles. The van der Waals surface area contributed by atoms with Gasteiger partial charge in [-0.3, -0.25) is 9.69 Å². The third kappa shape index (κ3) is 4.49. The van der Waals surface area contributed by atoms with Crippen LogP contribution in [0.1, 0.15) is 18.9 Å².